The molecular weight excluding hydrogens is 360 g/mol. The zero-order chi connectivity index (χ0) is 23.7. The molecule has 0 aliphatic rings. The number of aliphatic carboxylic acids is 1. The summed E-state index contributed by atoms with van der Waals surface area (Å²) in [6.45, 7) is 28.3. The van der Waals surface area contributed by atoms with Crippen LogP contribution in [-0.4, -0.2) is 17.4 Å². The van der Waals surface area contributed by atoms with E-state index in [0.29, 0.717) is 6.42 Å². The van der Waals surface area contributed by atoms with E-state index in [1.165, 1.54) is 0 Å². The Bertz CT molecular complexity index is 571. The van der Waals surface area contributed by atoms with Crippen LogP contribution >= 0.6 is 0 Å². The Morgan fingerprint density at radius 2 is 1.03 bits per heavy atom. The molecule has 0 aromatic rings. The number of rotatable bonds is 11. The lowest BCUT2D eigenvalue weighted by molar-refractivity contribution is -0.150. The molecule has 0 fully saturated rings. The molecule has 0 saturated heterocycles. The number of hydrogen-bond acceptors (Lipinski definition) is 2. The van der Waals surface area contributed by atoms with Crippen molar-refractivity contribution in [2.45, 2.75) is 116 Å². The van der Waals surface area contributed by atoms with Gasteiger partial charge in [-0.2, -0.15) is 0 Å². The highest BCUT2D eigenvalue weighted by Gasteiger charge is 2.46. The first-order valence-corrected chi connectivity index (χ1v) is 11.2. The van der Waals surface area contributed by atoms with Gasteiger partial charge in [0.25, 0.3) is 0 Å². The third-order valence-electron chi connectivity index (χ3n) is 7.84. The fourth-order valence-electron chi connectivity index (χ4n) is 5.02. The van der Waals surface area contributed by atoms with Crippen molar-refractivity contribution < 1.29 is 14.7 Å². The molecule has 1 unspecified atom stereocenters. The lowest BCUT2D eigenvalue weighted by Crippen LogP contribution is -2.42. The maximum absolute atomic E-state index is 12.1. The molecule has 0 bridgehead atoms. The van der Waals surface area contributed by atoms with Crippen molar-refractivity contribution in [2.24, 2.45) is 38.4 Å². The molecule has 0 spiro atoms. The minimum Gasteiger partial charge on any atom is -0.481 e. The van der Waals surface area contributed by atoms with Gasteiger partial charge < -0.3 is 9.90 Å². The first-order chi connectivity index (χ1) is 12.5. The highest BCUT2D eigenvalue weighted by atomic mass is 16.4. The van der Waals surface area contributed by atoms with Gasteiger partial charge in [0.2, 0.25) is 0 Å². The lowest BCUT2D eigenvalue weighted by atomic mass is 9.55. The fourth-order valence-corrected chi connectivity index (χ4v) is 5.02. The molecule has 0 aromatic carbocycles. The quantitative estimate of drug-likeness (QED) is 0.356. The Kier molecular flexibility index (Phi) is 8.45. The van der Waals surface area contributed by atoms with Gasteiger partial charge in [0.1, 0.15) is 6.29 Å². The van der Waals surface area contributed by atoms with E-state index in [1.54, 1.807) is 13.8 Å². The summed E-state index contributed by atoms with van der Waals surface area (Å²) < 4.78 is 0. The maximum atomic E-state index is 12.1. The van der Waals surface area contributed by atoms with Gasteiger partial charge in [-0.05, 0) is 66.6 Å². The van der Waals surface area contributed by atoms with E-state index in [9.17, 15) is 14.7 Å². The highest BCUT2D eigenvalue weighted by molar-refractivity contribution is 5.73. The minimum atomic E-state index is -0.786. The van der Waals surface area contributed by atoms with Crippen LogP contribution in [0.1, 0.15) is 116 Å². The van der Waals surface area contributed by atoms with Gasteiger partial charge in [0, 0.05) is 5.92 Å². The molecule has 0 saturated carbocycles. The third-order valence-corrected chi connectivity index (χ3v) is 7.84. The smallest absolute Gasteiger partial charge is 0.309 e. The molecule has 0 amide bonds. The van der Waals surface area contributed by atoms with Crippen molar-refractivity contribution >= 4 is 12.3 Å². The van der Waals surface area contributed by atoms with Crippen molar-refractivity contribution in [3.63, 3.8) is 0 Å². The van der Waals surface area contributed by atoms with Crippen LogP contribution in [0.15, 0.2) is 0 Å². The van der Waals surface area contributed by atoms with E-state index in [-0.39, 0.29) is 33.0 Å². The molecule has 172 valence electrons. The molecule has 3 nitrogen and oxygen atoms in total. The fraction of sp³-hybridized carbons (Fsp3) is 0.923. The molecule has 0 heterocycles. The zero-order valence-electron chi connectivity index (χ0n) is 21.7. The van der Waals surface area contributed by atoms with Crippen LogP contribution < -0.4 is 0 Å². The predicted molar refractivity (Wildman–Crippen MR) is 124 cm³/mol. The van der Waals surface area contributed by atoms with Crippen LogP contribution in [-0.2, 0) is 9.59 Å². The number of carbonyl (C=O) groups is 2. The standard InChI is InChI=1S/C26H50O3/c1-21(2,3)17-25(10,11)23(6,7)14-19(16-27)15-24(8,9)26(12,13)18-22(4,5)20(28)29/h16,19H,14-15,17-18H2,1-13H3,(H,28,29). The molecule has 0 aromatic heterocycles. The average molecular weight is 411 g/mol. The average Bonchev–Trinajstić information content (AvgIpc) is 2.41. The molecule has 0 radical (unpaired) electrons. The highest BCUT2D eigenvalue weighted by Crippen LogP contribution is 2.53. The number of carbonyl (C=O) groups excluding carboxylic acids is 1. The summed E-state index contributed by atoms with van der Waals surface area (Å²) >= 11 is 0. The van der Waals surface area contributed by atoms with E-state index in [2.05, 4.69) is 76.2 Å². The van der Waals surface area contributed by atoms with Gasteiger partial charge in [0.15, 0.2) is 0 Å². The summed E-state index contributed by atoms with van der Waals surface area (Å²) in [6, 6.07) is 0. The van der Waals surface area contributed by atoms with Crippen LogP contribution in [0.3, 0.4) is 0 Å². The Morgan fingerprint density at radius 1 is 0.690 bits per heavy atom. The second kappa shape index (κ2) is 8.71. The van der Waals surface area contributed by atoms with Crippen LogP contribution in [0.2, 0.25) is 0 Å². The summed E-state index contributed by atoms with van der Waals surface area (Å²) in [5.74, 6) is -0.801. The van der Waals surface area contributed by atoms with E-state index in [0.717, 1.165) is 25.5 Å². The summed E-state index contributed by atoms with van der Waals surface area (Å²) in [5, 5.41) is 9.58. The topological polar surface area (TPSA) is 54.4 Å². The molecule has 29 heavy (non-hydrogen) atoms. The number of hydrogen-bond donors (Lipinski definition) is 1. The Labute approximate surface area is 181 Å². The normalized spacial score (nSPS) is 15.9. The SMILES string of the molecule is CC(C)(C)CC(C)(C)C(C)(C)CC(C=O)CC(C)(C)C(C)(C)CC(C)(C)C(=O)O. The second-order valence-corrected chi connectivity index (χ2v) is 13.9. The monoisotopic (exact) mass is 410 g/mol. The Hall–Kier alpha value is -0.860. The molecule has 0 aliphatic heterocycles. The Morgan fingerprint density at radius 3 is 1.31 bits per heavy atom. The molecule has 1 N–H and O–H groups in total. The largest absolute Gasteiger partial charge is 0.481 e. The first-order valence-electron chi connectivity index (χ1n) is 11.2. The van der Waals surface area contributed by atoms with Gasteiger partial charge in [-0.3, -0.25) is 4.79 Å². The molecule has 0 rings (SSSR count). The summed E-state index contributed by atoms with van der Waals surface area (Å²) in [7, 11) is 0. The zero-order valence-corrected chi connectivity index (χ0v) is 21.7. The molecule has 0 aliphatic carbocycles. The lowest BCUT2D eigenvalue weighted by Gasteiger charge is -2.49. The van der Waals surface area contributed by atoms with Crippen molar-refractivity contribution in [1.82, 2.24) is 0 Å². The molecule has 1 atom stereocenters. The van der Waals surface area contributed by atoms with E-state index in [1.807, 2.05) is 0 Å². The van der Waals surface area contributed by atoms with Crippen LogP contribution in [0.25, 0.3) is 0 Å². The first kappa shape index (κ1) is 28.1. The van der Waals surface area contributed by atoms with Gasteiger partial charge in [-0.25, -0.2) is 0 Å². The Balaban J connectivity index is 5.54. The number of carboxylic acid groups (broad SMARTS) is 1. The van der Waals surface area contributed by atoms with Crippen LogP contribution in [0.5, 0.6) is 0 Å². The van der Waals surface area contributed by atoms with Gasteiger partial charge in [-0.15, -0.1) is 0 Å². The maximum Gasteiger partial charge on any atom is 0.309 e. The van der Waals surface area contributed by atoms with Crippen LogP contribution in [0.4, 0.5) is 0 Å². The van der Waals surface area contributed by atoms with E-state index >= 15 is 0 Å². The summed E-state index contributed by atoms with van der Waals surface area (Å²) in [4.78, 5) is 23.8. The molecular formula is C26H50O3. The number of aldehydes is 1. The van der Waals surface area contributed by atoms with Crippen molar-refractivity contribution in [1.29, 1.82) is 0 Å². The summed E-state index contributed by atoms with van der Waals surface area (Å²) in [6.07, 6.45) is 4.43. The van der Waals surface area contributed by atoms with Gasteiger partial charge in [0.05, 0.1) is 5.41 Å². The third kappa shape index (κ3) is 7.72. The predicted octanol–water partition coefficient (Wildman–Crippen LogP) is 7.62. The summed E-state index contributed by atoms with van der Waals surface area (Å²) in [5.41, 5.74) is -0.785. The van der Waals surface area contributed by atoms with Crippen molar-refractivity contribution in [2.75, 3.05) is 0 Å². The number of carboxylic acids is 1. The van der Waals surface area contributed by atoms with E-state index < -0.39 is 11.4 Å². The van der Waals surface area contributed by atoms with Gasteiger partial charge >= 0.3 is 5.97 Å². The van der Waals surface area contributed by atoms with Crippen molar-refractivity contribution in [3.05, 3.63) is 0 Å². The minimum absolute atomic E-state index is 0.0203. The van der Waals surface area contributed by atoms with Gasteiger partial charge in [-0.1, -0.05) is 76.2 Å². The molecule has 3 heteroatoms. The van der Waals surface area contributed by atoms with Crippen LogP contribution in [0, 0.1) is 38.4 Å². The van der Waals surface area contributed by atoms with E-state index in [4.69, 9.17) is 0 Å². The second-order valence-electron chi connectivity index (χ2n) is 13.9. The van der Waals surface area contributed by atoms with Crippen molar-refractivity contribution in [3.8, 4) is 0 Å².